The number of nitrogens with zero attached hydrogens (tertiary/aromatic N) is 2. The lowest BCUT2D eigenvalue weighted by molar-refractivity contribution is -0.140. The molecule has 0 aliphatic carbocycles. The van der Waals surface area contributed by atoms with Crippen LogP contribution < -0.4 is 16.0 Å². The first-order valence-electron chi connectivity index (χ1n) is 10.6. The van der Waals surface area contributed by atoms with Gasteiger partial charge in [0.2, 0.25) is 0 Å². The van der Waals surface area contributed by atoms with Crippen LogP contribution in [0.15, 0.2) is 48.7 Å². The molecule has 0 saturated carbocycles. The molecule has 15 heteroatoms. The first-order chi connectivity index (χ1) is 17.7. The fourth-order valence-corrected chi connectivity index (χ4v) is 3.65. The number of rotatable bonds is 5. The maximum absolute atomic E-state index is 14.8. The molecule has 1 aliphatic heterocycles. The summed E-state index contributed by atoms with van der Waals surface area (Å²) < 4.78 is 106. The number of aromatic nitrogens is 1. The van der Waals surface area contributed by atoms with Crippen LogP contribution in [0.5, 0.6) is 0 Å². The van der Waals surface area contributed by atoms with Crippen molar-refractivity contribution in [2.75, 3.05) is 22.5 Å². The number of amides is 3. The molecule has 0 radical (unpaired) electrons. The van der Waals surface area contributed by atoms with Crippen LogP contribution in [0.2, 0.25) is 0 Å². The van der Waals surface area contributed by atoms with E-state index < -0.39 is 60.1 Å². The zero-order valence-electron chi connectivity index (χ0n) is 18.8. The van der Waals surface area contributed by atoms with Crippen LogP contribution in [-0.4, -0.2) is 34.5 Å². The second-order valence-corrected chi connectivity index (χ2v) is 8.05. The molecule has 0 fully saturated rings. The van der Waals surface area contributed by atoms with E-state index >= 15 is 0 Å². The Kier molecular flexibility index (Phi) is 6.86. The van der Waals surface area contributed by atoms with Crippen LogP contribution in [0.3, 0.4) is 0 Å². The molecule has 3 aromatic rings. The summed E-state index contributed by atoms with van der Waals surface area (Å²) in [7, 11) is 0. The number of carbonyl (C=O) groups excluding carboxylic acids is 2. The van der Waals surface area contributed by atoms with Crippen LogP contribution in [-0.2, 0) is 12.7 Å². The SMILES string of the molecule is O=C(Nc1ccc(Nc2ccnc3c2CN(CC(F)(F)F)C(=O)N3)c(F)c1)c1ccc(F)cc1C(F)(F)F. The lowest BCUT2D eigenvalue weighted by Gasteiger charge is -2.30. The fourth-order valence-electron chi connectivity index (χ4n) is 3.65. The van der Waals surface area contributed by atoms with Crippen molar-refractivity contribution in [2.24, 2.45) is 0 Å². The summed E-state index contributed by atoms with van der Waals surface area (Å²) >= 11 is 0. The third-order valence-electron chi connectivity index (χ3n) is 5.32. The Morgan fingerprint density at radius 3 is 2.39 bits per heavy atom. The number of urea groups is 1. The molecule has 0 atom stereocenters. The van der Waals surface area contributed by atoms with E-state index in [1.807, 2.05) is 0 Å². The second-order valence-electron chi connectivity index (χ2n) is 8.05. The van der Waals surface area contributed by atoms with Crippen molar-refractivity contribution in [1.82, 2.24) is 9.88 Å². The first kappa shape index (κ1) is 26.6. The highest BCUT2D eigenvalue weighted by Gasteiger charge is 2.37. The monoisotopic (exact) mass is 545 g/mol. The Morgan fingerprint density at radius 2 is 1.74 bits per heavy atom. The molecule has 1 aliphatic rings. The number of hydrogen-bond acceptors (Lipinski definition) is 4. The normalized spacial score (nSPS) is 13.6. The van der Waals surface area contributed by atoms with Crippen LogP contribution in [0.4, 0.5) is 62.8 Å². The summed E-state index contributed by atoms with van der Waals surface area (Å²) in [5, 5.41) is 7.00. The number of halogens is 8. The molecule has 38 heavy (non-hydrogen) atoms. The van der Waals surface area contributed by atoms with Gasteiger partial charge >= 0.3 is 18.4 Å². The van der Waals surface area contributed by atoms with Gasteiger partial charge in [-0.2, -0.15) is 26.3 Å². The average molecular weight is 545 g/mol. The minimum atomic E-state index is -5.02. The van der Waals surface area contributed by atoms with Crippen LogP contribution in [0.1, 0.15) is 21.5 Å². The first-order valence-corrected chi connectivity index (χ1v) is 10.6. The van der Waals surface area contributed by atoms with Gasteiger partial charge in [0, 0.05) is 23.1 Å². The zero-order valence-corrected chi connectivity index (χ0v) is 18.8. The van der Waals surface area contributed by atoms with Gasteiger partial charge in [0.15, 0.2) is 0 Å². The summed E-state index contributed by atoms with van der Waals surface area (Å²) in [6, 6.07) is 4.88. The van der Waals surface area contributed by atoms with Gasteiger partial charge in [-0.1, -0.05) is 0 Å². The lowest BCUT2D eigenvalue weighted by atomic mass is 10.1. The molecule has 4 rings (SSSR count). The molecule has 0 saturated heterocycles. The molecule has 7 nitrogen and oxygen atoms in total. The molecular formula is C23H15F8N5O2. The number of benzene rings is 2. The van der Waals surface area contributed by atoms with E-state index in [0.717, 1.165) is 18.2 Å². The Labute approximate surface area is 208 Å². The predicted octanol–water partition coefficient (Wildman–Crippen LogP) is 6.28. The maximum atomic E-state index is 14.8. The molecule has 2 heterocycles. The Bertz CT molecular complexity index is 1410. The number of carbonyl (C=O) groups is 2. The summed E-state index contributed by atoms with van der Waals surface area (Å²) in [5.41, 5.74) is -2.55. The van der Waals surface area contributed by atoms with Gasteiger partial charge in [0.05, 0.1) is 23.4 Å². The standard InChI is InChI=1S/C23H15F8N5O2/c24-11-1-3-13(15(7-11)23(29,30)31)20(37)33-12-2-4-18(16(25)8-12)34-17-5-6-32-19-14(17)9-36(21(38)35-19)10-22(26,27)28/h1-8H,9-10H2,(H,33,37)(H2,32,34,35,38). The maximum Gasteiger partial charge on any atom is 0.417 e. The molecule has 2 aromatic carbocycles. The number of anilines is 4. The lowest BCUT2D eigenvalue weighted by Crippen LogP contribution is -2.44. The van der Waals surface area contributed by atoms with Gasteiger partial charge in [-0.25, -0.2) is 18.6 Å². The van der Waals surface area contributed by atoms with Crippen molar-refractivity contribution >= 4 is 34.8 Å². The van der Waals surface area contributed by atoms with Crippen molar-refractivity contribution in [3.05, 3.63) is 77.0 Å². The molecule has 0 spiro atoms. The number of pyridine rings is 1. The van der Waals surface area contributed by atoms with E-state index in [1.54, 1.807) is 0 Å². The average Bonchev–Trinajstić information content (AvgIpc) is 2.80. The highest BCUT2D eigenvalue weighted by Crippen LogP contribution is 2.34. The highest BCUT2D eigenvalue weighted by atomic mass is 19.4. The zero-order chi connectivity index (χ0) is 27.8. The van der Waals surface area contributed by atoms with Crippen LogP contribution in [0.25, 0.3) is 0 Å². The van der Waals surface area contributed by atoms with E-state index in [4.69, 9.17) is 0 Å². The van der Waals surface area contributed by atoms with Crippen molar-refractivity contribution in [1.29, 1.82) is 0 Å². The number of nitrogens with one attached hydrogen (secondary N) is 3. The molecule has 1 aromatic heterocycles. The number of alkyl halides is 6. The van der Waals surface area contributed by atoms with E-state index in [-0.39, 0.29) is 34.5 Å². The molecule has 3 amide bonds. The quantitative estimate of drug-likeness (QED) is 0.330. The van der Waals surface area contributed by atoms with E-state index in [1.165, 1.54) is 12.3 Å². The van der Waals surface area contributed by atoms with E-state index in [2.05, 4.69) is 20.9 Å². The minimum Gasteiger partial charge on any atom is -0.353 e. The van der Waals surface area contributed by atoms with Crippen molar-refractivity contribution in [2.45, 2.75) is 18.9 Å². The summed E-state index contributed by atoms with van der Waals surface area (Å²) in [6.45, 7) is -2.01. The molecule has 3 N–H and O–H groups in total. The number of fused-ring (bicyclic) bond motifs is 1. The Morgan fingerprint density at radius 1 is 1.00 bits per heavy atom. The van der Waals surface area contributed by atoms with Gasteiger partial charge in [-0.05, 0) is 42.5 Å². The molecule has 200 valence electrons. The van der Waals surface area contributed by atoms with Crippen molar-refractivity contribution in [3.8, 4) is 0 Å². The summed E-state index contributed by atoms with van der Waals surface area (Å²) in [6.07, 6.45) is -8.45. The van der Waals surface area contributed by atoms with Gasteiger partial charge in [0.1, 0.15) is 24.0 Å². The van der Waals surface area contributed by atoms with E-state index in [0.29, 0.717) is 17.0 Å². The van der Waals surface area contributed by atoms with Gasteiger partial charge in [-0.15, -0.1) is 0 Å². The van der Waals surface area contributed by atoms with Crippen molar-refractivity contribution in [3.63, 3.8) is 0 Å². The van der Waals surface area contributed by atoms with Gasteiger partial charge < -0.3 is 15.5 Å². The highest BCUT2D eigenvalue weighted by molar-refractivity contribution is 6.05. The predicted molar refractivity (Wildman–Crippen MR) is 119 cm³/mol. The summed E-state index contributed by atoms with van der Waals surface area (Å²) in [5.74, 6) is -3.46. The molecular weight excluding hydrogens is 530 g/mol. The summed E-state index contributed by atoms with van der Waals surface area (Å²) in [4.78, 5) is 28.8. The Hall–Kier alpha value is -4.43. The topological polar surface area (TPSA) is 86.4 Å². The van der Waals surface area contributed by atoms with E-state index in [9.17, 15) is 44.7 Å². The molecule has 0 unspecified atom stereocenters. The third-order valence-corrected chi connectivity index (χ3v) is 5.32. The van der Waals surface area contributed by atoms with Crippen LogP contribution >= 0.6 is 0 Å². The largest absolute Gasteiger partial charge is 0.417 e. The second kappa shape index (κ2) is 9.79. The van der Waals surface area contributed by atoms with Gasteiger partial charge in [-0.3, -0.25) is 10.1 Å². The third kappa shape index (κ3) is 5.92. The smallest absolute Gasteiger partial charge is 0.353 e. The van der Waals surface area contributed by atoms with Gasteiger partial charge in [0.25, 0.3) is 5.91 Å². The fraction of sp³-hybridized carbons (Fsp3) is 0.174. The molecule has 0 bridgehead atoms. The van der Waals surface area contributed by atoms with Crippen molar-refractivity contribution < 1.29 is 44.7 Å². The number of hydrogen-bond donors (Lipinski definition) is 3. The minimum absolute atomic E-state index is 0.0255. The van der Waals surface area contributed by atoms with Crippen LogP contribution in [0, 0.1) is 11.6 Å². The Balaban J connectivity index is 1.54.